The van der Waals surface area contributed by atoms with E-state index in [-0.39, 0.29) is 17.5 Å². The van der Waals surface area contributed by atoms with Gasteiger partial charge in [0.2, 0.25) is 0 Å². The van der Waals surface area contributed by atoms with E-state index in [0.717, 1.165) is 12.1 Å². The van der Waals surface area contributed by atoms with Crippen molar-refractivity contribution in [1.29, 1.82) is 0 Å². The Hall–Kier alpha value is -0.990. The topological polar surface area (TPSA) is 0 Å². The molecule has 1 aliphatic rings. The Kier molecular flexibility index (Phi) is 6.68. The molecule has 0 bridgehead atoms. The van der Waals surface area contributed by atoms with E-state index in [2.05, 4.69) is 0 Å². The number of allylic oxidation sites excluding steroid dienone is 2. The highest BCUT2D eigenvalue weighted by atomic mass is 127. The van der Waals surface area contributed by atoms with Gasteiger partial charge in [0.05, 0.1) is 6.84 Å². The van der Waals surface area contributed by atoms with Crippen molar-refractivity contribution >= 4 is 45.2 Å². The molecule has 0 spiro atoms. The van der Waals surface area contributed by atoms with Crippen molar-refractivity contribution in [3.05, 3.63) is 82.9 Å². The molecule has 0 amide bonds. The molecule has 0 aliphatic heterocycles. The molecule has 0 heterocycles. The predicted octanol–water partition coefficient (Wildman–Crippen LogP) is 8.48. The van der Waals surface area contributed by atoms with Gasteiger partial charge < -0.3 is 0 Å². The first-order valence-corrected chi connectivity index (χ1v) is 11.1. The number of hydrogen-bond acceptors (Lipinski definition) is 0. The van der Waals surface area contributed by atoms with Gasteiger partial charge in [-0.05, 0) is 30.5 Å². The Balaban J connectivity index is 2.34. The van der Waals surface area contributed by atoms with Gasteiger partial charge in [0, 0.05) is 11.1 Å². The molecule has 32 heavy (non-hydrogen) atoms. The minimum Gasteiger partial charge on any atom is -0.219 e. The van der Waals surface area contributed by atoms with Crippen molar-refractivity contribution in [3.63, 3.8) is 0 Å². The second kappa shape index (κ2) is 8.35. The van der Waals surface area contributed by atoms with Gasteiger partial charge >= 0.3 is 18.0 Å². The summed E-state index contributed by atoms with van der Waals surface area (Å²) < 4.78 is 122. The summed E-state index contributed by atoms with van der Waals surface area (Å²) >= 11 is 3.06. The molecule has 1 aliphatic carbocycles. The largest absolute Gasteiger partial charge is 0.435 e. The molecule has 174 valence electrons. The third kappa shape index (κ3) is 4.27. The fourth-order valence-corrected chi connectivity index (χ4v) is 7.53. The number of rotatable bonds is 3. The molecule has 0 saturated heterocycles. The van der Waals surface area contributed by atoms with E-state index in [9.17, 15) is 35.1 Å². The van der Waals surface area contributed by atoms with Crippen molar-refractivity contribution < 1.29 is 39.5 Å². The van der Waals surface area contributed by atoms with Gasteiger partial charge in [-0.15, -0.1) is 0 Å². The molecule has 2 aromatic carbocycles. The monoisotopic (exact) mass is 690 g/mol. The first-order chi connectivity index (χ1) is 14.6. The summed E-state index contributed by atoms with van der Waals surface area (Å²) in [4.78, 5) is 0. The van der Waals surface area contributed by atoms with Gasteiger partial charge in [0.15, 0.2) is 0 Å². The highest BCUT2D eigenvalue weighted by Gasteiger charge is 2.75. The van der Waals surface area contributed by atoms with Crippen LogP contribution >= 0.6 is 45.2 Å². The predicted molar refractivity (Wildman–Crippen MR) is 117 cm³/mol. The van der Waals surface area contributed by atoms with E-state index >= 15 is 4.39 Å². The highest BCUT2D eigenvalue weighted by Crippen LogP contribution is 2.62. The third-order valence-corrected chi connectivity index (χ3v) is 7.93. The standard InChI is InChI=1S/C21H13F9I2/c22-15-7-3-1-5-13(15)17(31)9-12(19(24,20(25,26)27)21(28,29)30)10-18(32,11-17)14-6-2-4-8-16(14)23/h1-9H,10-11H2. The van der Waals surface area contributed by atoms with Gasteiger partial charge in [-0.25, -0.2) is 13.2 Å². The zero-order chi connectivity index (χ0) is 24.2. The Bertz CT molecular complexity index is 1030. The van der Waals surface area contributed by atoms with E-state index < -0.39 is 48.5 Å². The average molecular weight is 690 g/mol. The van der Waals surface area contributed by atoms with Crippen LogP contribution in [-0.2, 0) is 6.84 Å². The van der Waals surface area contributed by atoms with Crippen LogP contribution in [0.4, 0.5) is 39.5 Å². The molecule has 11 heteroatoms. The maximum absolute atomic E-state index is 15.1. The number of benzene rings is 2. The molecule has 2 atom stereocenters. The van der Waals surface area contributed by atoms with E-state index in [1.165, 1.54) is 59.0 Å². The van der Waals surface area contributed by atoms with Crippen molar-refractivity contribution in [3.8, 4) is 0 Å². The maximum atomic E-state index is 15.1. The molecule has 0 N–H and O–H groups in total. The molecule has 2 unspecified atom stereocenters. The lowest BCUT2D eigenvalue weighted by molar-refractivity contribution is -0.327. The van der Waals surface area contributed by atoms with E-state index in [4.69, 9.17) is 0 Å². The summed E-state index contributed by atoms with van der Waals surface area (Å²) in [5, 5.41) is 0. The SMILES string of the molecule is Fc1ccccc1C1(I)C=C(C(F)(C(F)(F)F)C(F)(F)F)CC(I)(c2ccccc2F)C1. The minimum absolute atomic E-state index is 0.199. The van der Waals surface area contributed by atoms with Crippen LogP contribution in [0.1, 0.15) is 24.0 Å². The molecule has 3 rings (SSSR count). The molecule has 0 aromatic heterocycles. The van der Waals surface area contributed by atoms with Gasteiger partial charge in [-0.1, -0.05) is 87.7 Å². The first-order valence-electron chi connectivity index (χ1n) is 8.98. The summed E-state index contributed by atoms with van der Waals surface area (Å²) in [6.45, 7) is 0. The zero-order valence-electron chi connectivity index (χ0n) is 15.8. The Morgan fingerprint density at radius 2 is 1.12 bits per heavy atom. The molecular weight excluding hydrogens is 677 g/mol. The van der Waals surface area contributed by atoms with Gasteiger partial charge in [0.25, 0.3) is 0 Å². The van der Waals surface area contributed by atoms with Crippen LogP contribution in [-0.4, -0.2) is 18.0 Å². The quantitative estimate of drug-likeness (QED) is 0.131. The summed E-state index contributed by atoms with van der Waals surface area (Å²) in [6.07, 6.45) is -13.5. The number of alkyl halides is 9. The molecule has 0 fully saturated rings. The van der Waals surface area contributed by atoms with Crippen LogP contribution in [0.3, 0.4) is 0 Å². The first kappa shape index (κ1) is 25.6. The maximum Gasteiger partial charge on any atom is 0.435 e. The highest BCUT2D eigenvalue weighted by molar-refractivity contribution is 14.1. The lowest BCUT2D eigenvalue weighted by Gasteiger charge is -2.45. The molecular formula is C21H13F9I2. The average Bonchev–Trinajstić information content (AvgIpc) is 2.65. The molecule has 0 nitrogen and oxygen atoms in total. The molecule has 2 aromatic rings. The van der Waals surface area contributed by atoms with Crippen molar-refractivity contribution in [2.24, 2.45) is 0 Å². The van der Waals surface area contributed by atoms with Crippen LogP contribution in [0.25, 0.3) is 0 Å². The molecule has 0 radical (unpaired) electrons. The van der Waals surface area contributed by atoms with Gasteiger partial charge in [-0.3, -0.25) is 0 Å². The zero-order valence-corrected chi connectivity index (χ0v) is 20.1. The minimum atomic E-state index is -6.34. The van der Waals surface area contributed by atoms with Crippen LogP contribution in [0, 0.1) is 11.6 Å². The lowest BCUT2D eigenvalue weighted by atomic mass is 9.71. The fraction of sp³-hybridized carbons (Fsp3) is 0.333. The summed E-state index contributed by atoms with van der Waals surface area (Å²) in [5.41, 5.74) is -7.76. The lowest BCUT2D eigenvalue weighted by Crippen LogP contribution is -2.56. The number of hydrogen-bond donors (Lipinski definition) is 0. The van der Waals surface area contributed by atoms with Crippen LogP contribution < -0.4 is 0 Å². The third-order valence-electron chi connectivity index (χ3n) is 5.31. The van der Waals surface area contributed by atoms with E-state index in [1.807, 2.05) is 0 Å². The fourth-order valence-electron chi connectivity index (χ4n) is 3.88. The summed E-state index contributed by atoms with van der Waals surface area (Å²) in [5.74, 6) is -1.77. The Morgan fingerprint density at radius 3 is 1.56 bits per heavy atom. The van der Waals surface area contributed by atoms with E-state index in [1.54, 1.807) is 22.6 Å². The van der Waals surface area contributed by atoms with Crippen LogP contribution in [0.15, 0.2) is 60.2 Å². The summed E-state index contributed by atoms with van der Waals surface area (Å²) in [6, 6.07) is 9.72. The molecule has 0 saturated carbocycles. The Labute approximate surface area is 204 Å². The Morgan fingerprint density at radius 1 is 0.688 bits per heavy atom. The van der Waals surface area contributed by atoms with Gasteiger partial charge in [0.1, 0.15) is 11.6 Å². The van der Waals surface area contributed by atoms with E-state index in [0.29, 0.717) is 6.08 Å². The number of halogens is 11. The van der Waals surface area contributed by atoms with Crippen molar-refractivity contribution in [2.45, 2.75) is 37.7 Å². The van der Waals surface area contributed by atoms with Crippen LogP contribution in [0.2, 0.25) is 0 Å². The normalized spacial score (nSPS) is 24.9. The van der Waals surface area contributed by atoms with Crippen molar-refractivity contribution in [1.82, 2.24) is 0 Å². The summed E-state index contributed by atoms with van der Waals surface area (Å²) in [7, 11) is 0. The van der Waals surface area contributed by atoms with Crippen LogP contribution in [0.5, 0.6) is 0 Å². The smallest absolute Gasteiger partial charge is 0.219 e. The second-order valence-corrected chi connectivity index (χ2v) is 11.5. The van der Waals surface area contributed by atoms with Gasteiger partial charge in [-0.2, -0.15) is 26.3 Å². The second-order valence-electron chi connectivity index (χ2n) is 7.46. The van der Waals surface area contributed by atoms with Crippen molar-refractivity contribution in [2.75, 3.05) is 0 Å².